The average Bonchev–Trinajstić information content (AvgIpc) is 2.75. The zero-order chi connectivity index (χ0) is 21.7. The Labute approximate surface area is 202 Å². The van der Waals surface area contributed by atoms with Gasteiger partial charge in [-0.3, -0.25) is 0 Å². The van der Waals surface area contributed by atoms with E-state index in [1.165, 1.54) is 96.3 Å². The molecule has 0 aromatic heterocycles. The Morgan fingerprint density at radius 3 is 0.833 bits per heavy atom. The smallest absolute Gasteiger partial charge is 0.0223 e. The molecule has 1 rings (SSSR count). The van der Waals surface area contributed by atoms with Crippen LogP contribution < -0.4 is 0 Å². The zero-order valence-corrected chi connectivity index (χ0v) is 21.5. The number of benzene rings is 1. The quantitative estimate of drug-likeness (QED) is 0.122. The lowest BCUT2D eigenvalue weighted by atomic mass is 9.95. The number of halogens is 3. The molecule has 30 heavy (non-hydrogen) atoms. The largest absolute Gasteiger partial charge is 0.127 e. The summed E-state index contributed by atoms with van der Waals surface area (Å²) < 4.78 is 0. The third-order valence-corrected chi connectivity index (χ3v) is 6.71. The van der Waals surface area contributed by atoms with Gasteiger partial charge >= 0.3 is 0 Å². The molecule has 0 aliphatic rings. The minimum Gasteiger partial charge on any atom is -0.127 e. The minimum atomic E-state index is 0.809. The van der Waals surface area contributed by atoms with E-state index in [0.29, 0.717) is 0 Å². The van der Waals surface area contributed by atoms with Crippen molar-refractivity contribution in [2.75, 3.05) is 17.6 Å². The summed E-state index contributed by atoms with van der Waals surface area (Å²) in [6.45, 7) is 0. The standard InChI is InChI=1S/C27H45Cl3/c28-19-13-7-1-4-10-16-25-22-26(17-11-5-2-8-14-20-29)24-27(23-25)18-12-6-3-9-15-21-30/h22-24H,1-21H2. The molecule has 0 aliphatic carbocycles. The normalized spacial score (nSPS) is 11.3. The van der Waals surface area contributed by atoms with Gasteiger partial charge in [-0.05, 0) is 74.5 Å². The monoisotopic (exact) mass is 474 g/mol. The van der Waals surface area contributed by atoms with E-state index >= 15 is 0 Å². The molecule has 0 radical (unpaired) electrons. The molecular formula is C27H45Cl3. The Balaban J connectivity index is 2.47. The van der Waals surface area contributed by atoms with Crippen molar-refractivity contribution in [1.82, 2.24) is 0 Å². The van der Waals surface area contributed by atoms with Crippen molar-refractivity contribution in [3.8, 4) is 0 Å². The predicted molar refractivity (Wildman–Crippen MR) is 139 cm³/mol. The average molecular weight is 476 g/mol. The predicted octanol–water partition coefficient (Wildman–Crippen LogP) is 9.88. The fourth-order valence-electron chi connectivity index (χ4n) is 4.13. The van der Waals surface area contributed by atoms with Crippen molar-refractivity contribution in [3.63, 3.8) is 0 Å². The Morgan fingerprint density at radius 2 is 0.567 bits per heavy atom. The fourth-order valence-corrected chi connectivity index (χ4v) is 4.70. The summed E-state index contributed by atoms with van der Waals surface area (Å²) in [6.07, 6.45) is 22.9. The SMILES string of the molecule is ClCCCCCCCc1cc(CCCCCCCCl)cc(CCCCCCCCl)c1. The topological polar surface area (TPSA) is 0 Å². The van der Waals surface area contributed by atoms with E-state index in [-0.39, 0.29) is 0 Å². The molecular weight excluding hydrogens is 431 g/mol. The van der Waals surface area contributed by atoms with Crippen LogP contribution in [0.25, 0.3) is 0 Å². The van der Waals surface area contributed by atoms with Crippen LogP contribution in [0.3, 0.4) is 0 Å². The maximum atomic E-state index is 5.79. The summed E-state index contributed by atoms with van der Waals surface area (Å²) >= 11 is 17.4. The number of aryl methyl sites for hydroxylation is 3. The van der Waals surface area contributed by atoms with Crippen LogP contribution in [0.4, 0.5) is 0 Å². The molecule has 0 saturated carbocycles. The van der Waals surface area contributed by atoms with Crippen LogP contribution in [-0.4, -0.2) is 17.6 Å². The highest BCUT2D eigenvalue weighted by Crippen LogP contribution is 2.19. The second-order valence-corrected chi connectivity index (χ2v) is 9.91. The van der Waals surface area contributed by atoms with E-state index < -0.39 is 0 Å². The maximum Gasteiger partial charge on any atom is 0.0223 e. The van der Waals surface area contributed by atoms with Crippen LogP contribution in [0.1, 0.15) is 113 Å². The van der Waals surface area contributed by atoms with Crippen molar-refractivity contribution in [3.05, 3.63) is 34.9 Å². The first-order chi connectivity index (χ1) is 14.8. The van der Waals surface area contributed by atoms with Crippen LogP contribution in [0.15, 0.2) is 18.2 Å². The second-order valence-electron chi connectivity index (χ2n) is 8.78. The molecule has 1 aromatic carbocycles. The molecule has 3 heteroatoms. The third-order valence-electron chi connectivity index (χ3n) is 5.91. The van der Waals surface area contributed by atoms with Gasteiger partial charge in [0.25, 0.3) is 0 Å². The van der Waals surface area contributed by atoms with Crippen LogP contribution in [0.2, 0.25) is 0 Å². The van der Waals surface area contributed by atoms with Crippen LogP contribution in [0, 0.1) is 0 Å². The Morgan fingerprint density at radius 1 is 0.333 bits per heavy atom. The molecule has 0 spiro atoms. The van der Waals surface area contributed by atoms with Gasteiger partial charge in [-0.25, -0.2) is 0 Å². The first-order valence-electron chi connectivity index (χ1n) is 12.6. The first kappa shape index (κ1) is 28.1. The molecule has 0 saturated heterocycles. The van der Waals surface area contributed by atoms with E-state index in [1.807, 2.05) is 0 Å². The number of unbranched alkanes of at least 4 members (excludes halogenated alkanes) is 12. The number of hydrogen-bond donors (Lipinski definition) is 0. The van der Waals surface area contributed by atoms with E-state index in [2.05, 4.69) is 18.2 Å². The molecule has 0 bridgehead atoms. The minimum absolute atomic E-state index is 0.809. The molecule has 0 N–H and O–H groups in total. The molecule has 0 amide bonds. The van der Waals surface area contributed by atoms with Crippen LogP contribution >= 0.6 is 34.8 Å². The summed E-state index contributed by atoms with van der Waals surface area (Å²) in [7, 11) is 0. The van der Waals surface area contributed by atoms with Crippen molar-refractivity contribution in [2.45, 2.75) is 116 Å². The third kappa shape index (κ3) is 15.8. The Hall–Kier alpha value is 0.0900. The summed E-state index contributed by atoms with van der Waals surface area (Å²) in [5.74, 6) is 2.43. The van der Waals surface area contributed by atoms with E-state index in [0.717, 1.165) is 36.9 Å². The number of alkyl halides is 3. The number of rotatable bonds is 21. The first-order valence-corrected chi connectivity index (χ1v) is 14.2. The van der Waals surface area contributed by atoms with E-state index in [1.54, 1.807) is 16.7 Å². The summed E-state index contributed by atoms with van der Waals surface area (Å²) in [5, 5.41) is 0. The van der Waals surface area contributed by atoms with Gasteiger partial charge in [-0.2, -0.15) is 0 Å². The van der Waals surface area contributed by atoms with Crippen molar-refractivity contribution >= 4 is 34.8 Å². The second kappa shape index (κ2) is 21.0. The molecule has 0 unspecified atom stereocenters. The van der Waals surface area contributed by atoms with Gasteiger partial charge < -0.3 is 0 Å². The van der Waals surface area contributed by atoms with Gasteiger partial charge in [0.1, 0.15) is 0 Å². The van der Waals surface area contributed by atoms with Crippen LogP contribution in [-0.2, 0) is 19.3 Å². The van der Waals surface area contributed by atoms with Gasteiger partial charge in [-0.1, -0.05) is 76.0 Å². The summed E-state index contributed by atoms with van der Waals surface area (Å²) in [4.78, 5) is 0. The van der Waals surface area contributed by atoms with Crippen molar-refractivity contribution in [2.24, 2.45) is 0 Å². The summed E-state index contributed by atoms with van der Waals surface area (Å²) in [5.41, 5.74) is 4.68. The van der Waals surface area contributed by atoms with Gasteiger partial charge in [0.2, 0.25) is 0 Å². The maximum absolute atomic E-state index is 5.79. The van der Waals surface area contributed by atoms with Gasteiger partial charge in [-0.15, -0.1) is 34.8 Å². The van der Waals surface area contributed by atoms with Gasteiger partial charge in [0.15, 0.2) is 0 Å². The number of hydrogen-bond acceptors (Lipinski definition) is 0. The van der Waals surface area contributed by atoms with Crippen LogP contribution in [0.5, 0.6) is 0 Å². The molecule has 0 heterocycles. The lowest BCUT2D eigenvalue weighted by Crippen LogP contribution is -1.96. The van der Waals surface area contributed by atoms with E-state index in [9.17, 15) is 0 Å². The molecule has 0 aliphatic heterocycles. The van der Waals surface area contributed by atoms with Crippen molar-refractivity contribution in [1.29, 1.82) is 0 Å². The molecule has 0 nitrogen and oxygen atoms in total. The highest BCUT2D eigenvalue weighted by atomic mass is 35.5. The highest BCUT2D eigenvalue weighted by molar-refractivity contribution is 6.18. The highest BCUT2D eigenvalue weighted by Gasteiger charge is 2.04. The fraction of sp³-hybridized carbons (Fsp3) is 0.778. The summed E-state index contributed by atoms with van der Waals surface area (Å²) in [6, 6.07) is 7.46. The lowest BCUT2D eigenvalue weighted by molar-refractivity contribution is 0.625. The Kier molecular flexibility index (Phi) is 19.7. The molecule has 0 atom stereocenters. The zero-order valence-electron chi connectivity index (χ0n) is 19.2. The lowest BCUT2D eigenvalue weighted by Gasteiger charge is -2.11. The molecule has 174 valence electrons. The molecule has 0 fully saturated rings. The molecule has 1 aromatic rings. The van der Waals surface area contributed by atoms with Crippen molar-refractivity contribution < 1.29 is 0 Å². The van der Waals surface area contributed by atoms with Gasteiger partial charge in [0, 0.05) is 17.6 Å². The van der Waals surface area contributed by atoms with E-state index in [4.69, 9.17) is 34.8 Å². The van der Waals surface area contributed by atoms with Gasteiger partial charge in [0.05, 0.1) is 0 Å². The Bertz CT molecular complexity index is 417.